The maximum Gasteiger partial charge on any atom is 1.00 e. The molecule has 5 nitrogen and oxygen atoms in total. The molecule has 0 radical (unpaired) electrons. The number of hydrogen-bond donors (Lipinski definition) is 0. The van der Waals surface area contributed by atoms with Crippen molar-refractivity contribution in [2.24, 2.45) is 17.3 Å². The van der Waals surface area contributed by atoms with Crippen molar-refractivity contribution in [2.45, 2.75) is 32.1 Å². The molecule has 0 bridgehead atoms. The molecule has 2 aliphatic rings. The van der Waals surface area contributed by atoms with E-state index in [4.69, 9.17) is 0 Å². The van der Waals surface area contributed by atoms with Crippen LogP contribution in [-0.2, 0) is 4.79 Å². The maximum atomic E-state index is 10.6. The van der Waals surface area contributed by atoms with E-state index in [-0.39, 0.29) is 53.4 Å². The fourth-order valence-electron chi connectivity index (χ4n) is 3.59. The van der Waals surface area contributed by atoms with Gasteiger partial charge in [-0.2, -0.15) is 0 Å². The second kappa shape index (κ2) is 5.02. The molecule has 84 valence electrons. The quantitative estimate of drug-likeness (QED) is 0.299. The van der Waals surface area contributed by atoms with Crippen molar-refractivity contribution in [1.82, 2.24) is 0 Å². The Kier molecular flexibility index (Phi) is 4.37. The topological polar surface area (TPSA) is 83.3 Å². The van der Waals surface area contributed by atoms with E-state index in [1.165, 1.54) is 0 Å². The van der Waals surface area contributed by atoms with Crippen molar-refractivity contribution in [1.29, 1.82) is 0 Å². The monoisotopic (exact) mass is 235 g/mol. The summed E-state index contributed by atoms with van der Waals surface area (Å²) in [6.07, 6.45) is 3.70. The Balaban J connectivity index is 0.00000128. The molecule has 2 saturated carbocycles. The minimum Gasteiger partial charge on any atom is -0.550 e. The Labute approximate surface area is 116 Å². The molecule has 0 amide bonds. The molecule has 0 aromatic heterocycles. The van der Waals surface area contributed by atoms with E-state index in [1.54, 1.807) is 0 Å². The van der Waals surface area contributed by atoms with E-state index in [2.05, 4.69) is 0 Å². The summed E-state index contributed by atoms with van der Waals surface area (Å²) in [5.41, 5.74) is -0.594. The summed E-state index contributed by atoms with van der Waals surface area (Å²) in [6.45, 7) is -0.206. The summed E-state index contributed by atoms with van der Waals surface area (Å²) in [4.78, 5) is 20.8. The number of hydrogen-bond acceptors (Lipinski definition) is 4. The number of nitro groups is 1. The van der Waals surface area contributed by atoms with Crippen LogP contribution in [0.15, 0.2) is 0 Å². The largest absolute Gasteiger partial charge is 1.00 e. The number of aliphatic carboxylic acids is 1. The molecular weight excluding hydrogens is 221 g/mol. The molecule has 2 rings (SSSR count). The third-order valence-corrected chi connectivity index (χ3v) is 4.05. The maximum absolute atomic E-state index is 10.6. The average molecular weight is 235 g/mol. The van der Waals surface area contributed by atoms with Crippen LogP contribution in [-0.4, -0.2) is 17.4 Å². The van der Waals surface area contributed by atoms with Gasteiger partial charge in [-0.1, -0.05) is 12.8 Å². The van der Waals surface area contributed by atoms with E-state index in [9.17, 15) is 20.0 Å². The minimum atomic E-state index is -1.15. The van der Waals surface area contributed by atoms with Gasteiger partial charge in [0.1, 0.15) is 0 Å². The molecule has 0 N–H and O–H groups in total. The van der Waals surface area contributed by atoms with Crippen LogP contribution >= 0.6 is 0 Å². The number of carboxylic acids is 1. The molecule has 2 fully saturated rings. The van der Waals surface area contributed by atoms with Gasteiger partial charge in [0.05, 0.1) is 0 Å². The van der Waals surface area contributed by atoms with E-state index >= 15 is 0 Å². The summed E-state index contributed by atoms with van der Waals surface area (Å²) < 4.78 is 0. The molecule has 3 atom stereocenters. The first-order valence-electron chi connectivity index (χ1n) is 5.35. The van der Waals surface area contributed by atoms with Gasteiger partial charge in [0.2, 0.25) is 6.54 Å². The number of rotatable bonds is 4. The number of carbonyl (C=O) groups is 1. The molecule has 0 heterocycles. The van der Waals surface area contributed by atoms with Gasteiger partial charge in [0.15, 0.2) is 0 Å². The number of fused-ring (bicyclic) bond motifs is 1. The predicted molar refractivity (Wildman–Crippen MR) is 49.4 cm³/mol. The van der Waals surface area contributed by atoms with Crippen LogP contribution in [0.1, 0.15) is 32.1 Å². The second-order valence-electron chi connectivity index (χ2n) is 4.90. The van der Waals surface area contributed by atoms with Gasteiger partial charge in [-0.05, 0) is 31.1 Å². The first-order valence-corrected chi connectivity index (χ1v) is 5.35. The SMILES string of the molecule is O=C([O-])CC1(C[N+](=O)[O-])CC2CCCC21.[Na+]. The normalized spacial score (nSPS) is 35.8. The molecule has 0 aliphatic heterocycles. The molecular formula is C10H14NNaO4. The van der Waals surface area contributed by atoms with Crippen molar-refractivity contribution < 1.29 is 44.4 Å². The fraction of sp³-hybridized carbons (Fsp3) is 0.900. The van der Waals surface area contributed by atoms with Crippen LogP contribution in [0.2, 0.25) is 0 Å². The molecule has 16 heavy (non-hydrogen) atoms. The Bertz CT molecular complexity index is 291. The zero-order valence-electron chi connectivity index (χ0n) is 9.48. The molecule has 0 aromatic carbocycles. The third kappa shape index (κ3) is 2.41. The Morgan fingerprint density at radius 1 is 1.44 bits per heavy atom. The van der Waals surface area contributed by atoms with Crippen LogP contribution in [0.25, 0.3) is 0 Å². The summed E-state index contributed by atoms with van der Waals surface area (Å²) in [6, 6.07) is 0. The van der Waals surface area contributed by atoms with Crippen molar-refractivity contribution in [3.8, 4) is 0 Å². The van der Waals surface area contributed by atoms with Crippen LogP contribution in [0, 0.1) is 27.4 Å². The average Bonchev–Trinajstić information content (AvgIpc) is 2.44. The van der Waals surface area contributed by atoms with Crippen molar-refractivity contribution in [3.63, 3.8) is 0 Å². The summed E-state index contributed by atoms with van der Waals surface area (Å²) in [5, 5.41) is 21.2. The molecule has 0 saturated heterocycles. The standard InChI is InChI=1S/C10H15NO4.Na/c12-9(13)5-10(6-11(14)15)4-7-2-1-3-8(7)10;/h7-8H,1-6H2,(H,12,13);/q;+1/p-1. The molecule has 3 unspecified atom stereocenters. The Morgan fingerprint density at radius 3 is 2.62 bits per heavy atom. The van der Waals surface area contributed by atoms with Crippen LogP contribution in [0.5, 0.6) is 0 Å². The zero-order chi connectivity index (χ0) is 11.1. The number of carbonyl (C=O) groups excluding carboxylic acids is 1. The Morgan fingerprint density at radius 2 is 2.12 bits per heavy atom. The van der Waals surface area contributed by atoms with Gasteiger partial charge in [-0.3, -0.25) is 10.1 Å². The Hall–Kier alpha value is -0.130. The fourth-order valence-corrected chi connectivity index (χ4v) is 3.59. The first kappa shape index (κ1) is 13.9. The van der Waals surface area contributed by atoms with Crippen LogP contribution in [0.4, 0.5) is 0 Å². The molecule has 0 spiro atoms. The first-order chi connectivity index (χ1) is 7.03. The van der Waals surface area contributed by atoms with E-state index < -0.39 is 11.4 Å². The second-order valence-corrected chi connectivity index (χ2v) is 4.90. The van der Waals surface area contributed by atoms with Crippen LogP contribution < -0.4 is 34.7 Å². The van der Waals surface area contributed by atoms with Gasteiger partial charge < -0.3 is 9.90 Å². The van der Waals surface area contributed by atoms with Gasteiger partial charge in [-0.25, -0.2) is 0 Å². The summed E-state index contributed by atoms with van der Waals surface area (Å²) in [5.74, 6) is -0.368. The molecule has 6 heteroatoms. The van der Waals surface area contributed by atoms with Gasteiger partial charge in [0.25, 0.3) is 0 Å². The van der Waals surface area contributed by atoms with Crippen molar-refractivity contribution in [2.75, 3.05) is 6.54 Å². The molecule has 2 aliphatic carbocycles. The van der Waals surface area contributed by atoms with Gasteiger partial charge >= 0.3 is 29.6 Å². The van der Waals surface area contributed by atoms with E-state index in [0.29, 0.717) is 12.3 Å². The van der Waals surface area contributed by atoms with Crippen molar-refractivity contribution >= 4 is 5.97 Å². The van der Waals surface area contributed by atoms with Gasteiger partial charge in [-0.15, -0.1) is 0 Å². The van der Waals surface area contributed by atoms with E-state index in [0.717, 1.165) is 19.3 Å². The summed E-state index contributed by atoms with van der Waals surface area (Å²) >= 11 is 0. The molecule has 0 aromatic rings. The number of carboxylic acid groups (broad SMARTS) is 1. The number of nitrogens with zero attached hydrogens (tertiary/aromatic N) is 1. The minimum absolute atomic E-state index is 0. The smallest absolute Gasteiger partial charge is 0.550 e. The van der Waals surface area contributed by atoms with E-state index in [1.807, 2.05) is 0 Å². The third-order valence-electron chi connectivity index (χ3n) is 4.05. The predicted octanol–water partition coefficient (Wildman–Crippen LogP) is -2.79. The van der Waals surface area contributed by atoms with Crippen molar-refractivity contribution in [3.05, 3.63) is 10.1 Å². The van der Waals surface area contributed by atoms with Gasteiger partial charge in [0, 0.05) is 16.3 Å². The zero-order valence-corrected chi connectivity index (χ0v) is 11.5. The summed E-state index contributed by atoms with van der Waals surface area (Å²) in [7, 11) is 0. The van der Waals surface area contributed by atoms with Crippen LogP contribution in [0.3, 0.4) is 0 Å².